The first-order valence-electron chi connectivity index (χ1n) is 5.53. The Kier molecular flexibility index (Phi) is 3.24. The van der Waals surface area contributed by atoms with Crippen molar-refractivity contribution >= 4 is 10.0 Å². The second-order valence-corrected chi connectivity index (χ2v) is 6.31. The molecule has 0 amide bonds. The molecule has 2 rings (SSSR count). The van der Waals surface area contributed by atoms with Gasteiger partial charge >= 0.3 is 0 Å². The van der Waals surface area contributed by atoms with Crippen molar-refractivity contribution in [2.75, 3.05) is 13.2 Å². The molecule has 96 valence electrons. The number of hydrogen-bond donors (Lipinski definition) is 0. The Bertz CT molecular complexity index is 497. The molecule has 2 heterocycles. The molecule has 0 aliphatic carbocycles. The summed E-state index contributed by atoms with van der Waals surface area (Å²) in [6.45, 7) is 4.54. The molecule has 2 atom stereocenters. The Morgan fingerprint density at radius 3 is 2.76 bits per heavy atom. The number of aromatic nitrogens is 2. The second-order valence-electron chi connectivity index (χ2n) is 4.42. The molecule has 1 fully saturated rings. The maximum atomic E-state index is 12.4. The standard InChI is InChI=1S/C10H17N3O3S/c1-8-7-16-9(2)5-13(8)17(14,15)10-4-11-12(3)6-10/h4,6,8-9H,5,7H2,1-3H3. The third-order valence-electron chi connectivity index (χ3n) is 2.84. The SMILES string of the molecule is CC1CN(S(=O)(=O)c2cnn(C)c2)C(C)CO1. The van der Waals surface area contributed by atoms with Crippen molar-refractivity contribution in [3.8, 4) is 0 Å². The van der Waals surface area contributed by atoms with E-state index in [1.807, 2.05) is 13.8 Å². The van der Waals surface area contributed by atoms with Crippen molar-refractivity contribution in [1.29, 1.82) is 0 Å². The van der Waals surface area contributed by atoms with Gasteiger partial charge in [0.15, 0.2) is 0 Å². The normalized spacial score (nSPS) is 27.2. The fourth-order valence-corrected chi connectivity index (χ4v) is 3.55. The summed E-state index contributed by atoms with van der Waals surface area (Å²) in [5.74, 6) is 0. The number of morpholine rings is 1. The van der Waals surface area contributed by atoms with Gasteiger partial charge in [0.1, 0.15) is 4.90 Å². The molecule has 0 bridgehead atoms. The van der Waals surface area contributed by atoms with E-state index in [1.165, 1.54) is 21.4 Å². The minimum Gasteiger partial charge on any atom is -0.375 e. The molecule has 1 aromatic heterocycles. The Balaban J connectivity index is 2.31. The number of hydrogen-bond acceptors (Lipinski definition) is 4. The molecule has 0 spiro atoms. The maximum absolute atomic E-state index is 12.4. The van der Waals surface area contributed by atoms with Gasteiger partial charge in [-0.15, -0.1) is 0 Å². The van der Waals surface area contributed by atoms with E-state index in [2.05, 4.69) is 5.10 Å². The molecule has 1 aliphatic heterocycles. The van der Waals surface area contributed by atoms with Gasteiger partial charge in [-0.1, -0.05) is 0 Å². The predicted molar refractivity (Wildman–Crippen MR) is 62.0 cm³/mol. The Morgan fingerprint density at radius 2 is 2.18 bits per heavy atom. The number of aryl methyl sites for hydroxylation is 1. The lowest BCUT2D eigenvalue weighted by Gasteiger charge is -2.35. The quantitative estimate of drug-likeness (QED) is 0.762. The molecule has 2 unspecified atom stereocenters. The minimum atomic E-state index is -3.45. The molecule has 7 heteroatoms. The van der Waals surface area contributed by atoms with E-state index < -0.39 is 10.0 Å². The van der Waals surface area contributed by atoms with Crippen LogP contribution in [0.15, 0.2) is 17.3 Å². The Hall–Kier alpha value is -0.920. The molecule has 0 saturated carbocycles. The van der Waals surface area contributed by atoms with E-state index in [0.717, 1.165) is 0 Å². The van der Waals surface area contributed by atoms with E-state index in [0.29, 0.717) is 13.2 Å². The van der Waals surface area contributed by atoms with Crippen LogP contribution in [0.2, 0.25) is 0 Å². The van der Waals surface area contributed by atoms with Crippen molar-refractivity contribution in [3.05, 3.63) is 12.4 Å². The summed E-state index contributed by atoms with van der Waals surface area (Å²) in [6.07, 6.45) is 2.82. The average molecular weight is 259 g/mol. The lowest BCUT2D eigenvalue weighted by Crippen LogP contribution is -2.49. The van der Waals surface area contributed by atoms with Crippen LogP contribution in [-0.4, -0.2) is 47.8 Å². The third-order valence-corrected chi connectivity index (χ3v) is 4.77. The van der Waals surface area contributed by atoms with E-state index in [-0.39, 0.29) is 17.0 Å². The highest BCUT2D eigenvalue weighted by molar-refractivity contribution is 7.89. The number of ether oxygens (including phenoxy) is 1. The fourth-order valence-electron chi connectivity index (χ4n) is 1.88. The van der Waals surface area contributed by atoms with Crippen molar-refractivity contribution in [2.45, 2.75) is 30.9 Å². The lowest BCUT2D eigenvalue weighted by atomic mass is 10.2. The number of rotatable bonds is 2. The van der Waals surface area contributed by atoms with Crippen LogP contribution in [0.5, 0.6) is 0 Å². The zero-order valence-corrected chi connectivity index (χ0v) is 11.0. The Morgan fingerprint density at radius 1 is 1.47 bits per heavy atom. The van der Waals surface area contributed by atoms with Crippen LogP contribution in [-0.2, 0) is 21.8 Å². The summed E-state index contributed by atoms with van der Waals surface area (Å²) in [7, 11) is -1.75. The monoisotopic (exact) mass is 259 g/mol. The van der Waals surface area contributed by atoms with Gasteiger partial charge in [0.05, 0.1) is 18.9 Å². The molecule has 6 nitrogen and oxygen atoms in total. The van der Waals surface area contributed by atoms with Gasteiger partial charge in [-0.25, -0.2) is 8.42 Å². The van der Waals surface area contributed by atoms with Gasteiger partial charge in [0.2, 0.25) is 10.0 Å². The van der Waals surface area contributed by atoms with Crippen LogP contribution in [0, 0.1) is 0 Å². The first-order valence-corrected chi connectivity index (χ1v) is 6.97. The molecule has 1 aliphatic rings. The van der Waals surface area contributed by atoms with Gasteiger partial charge in [0, 0.05) is 25.8 Å². The first-order chi connectivity index (χ1) is 7.91. The van der Waals surface area contributed by atoms with E-state index in [4.69, 9.17) is 4.74 Å². The molecule has 17 heavy (non-hydrogen) atoms. The smallest absolute Gasteiger partial charge is 0.246 e. The van der Waals surface area contributed by atoms with Crippen molar-refractivity contribution in [1.82, 2.24) is 14.1 Å². The van der Waals surface area contributed by atoms with Crippen molar-refractivity contribution in [3.63, 3.8) is 0 Å². The fraction of sp³-hybridized carbons (Fsp3) is 0.700. The first kappa shape index (κ1) is 12.5. The van der Waals surface area contributed by atoms with Gasteiger partial charge in [-0.3, -0.25) is 4.68 Å². The summed E-state index contributed by atoms with van der Waals surface area (Å²) < 4.78 is 33.1. The highest BCUT2D eigenvalue weighted by Crippen LogP contribution is 2.21. The summed E-state index contributed by atoms with van der Waals surface area (Å²) in [6, 6.07) is -0.142. The van der Waals surface area contributed by atoms with E-state index in [1.54, 1.807) is 7.05 Å². The van der Waals surface area contributed by atoms with Gasteiger partial charge in [0.25, 0.3) is 0 Å². The van der Waals surface area contributed by atoms with Gasteiger partial charge < -0.3 is 4.74 Å². The highest BCUT2D eigenvalue weighted by atomic mass is 32.2. The molecule has 0 N–H and O–H groups in total. The summed E-state index contributed by atoms with van der Waals surface area (Å²) in [5.41, 5.74) is 0. The van der Waals surface area contributed by atoms with Crippen LogP contribution in [0.4, 0.5) is 0 Å². The third kappa shape index (κ3) is 2.36. The van der Waals surface area contributed by atoms with E-state index >= 15 is 0 Å². The average Bonchev–Trinajstić information content (AvgIpc) is 2.69. The largest absolute Gasteiger partial charge is 0.375 e. The van der Waals surface area contributed by atoms with Crippen LogP contribution in [0.1, 0.15) is 13.8 Å². The molecular formula is C10H17N3O3S. The highest BCUT2D eigenvalue weighted by Gasteiger charge is 2.34. The summed E-state index contributed by atoms with van der Waals surface area (Å²) in [5, 5.41) is 3.90. The van der Waals surface area contributed by atoms with Gasteiger partial charge in [-0.05, 0) is 13.8 Å². The molecule has 1 aromatic rings. The molecule has 1 saturated heterocycles. The summed E-state index contributed by atoms with van der Waals surface area (Å²) >= 11 is 0. The zero-order chi connectivity index (χ0) is 12.6. The van der Waals surface area contributed by atoms with Crippen molar-refractivity contribution in [2.24, 2.45) is 7.05 Å². The molecule has 0 radical (unpaired) electrons. The topological polar surface area (TPSA) is 64.4 Å². The molecular weight excluding hydrogens is 242 g/mol. The van der Waals surface area contributed by atoms with Crippen LogP contribution in [0.3, 0.4) is 0 Å². The van der Waals surface area contributed by atoms with Crippen LogP contribution in [0.25, 0.3) is 0 Å². The number of nitrogens with zero attached hydrogens (tertiary/aromatic N) is 3. The zero-order valence-electron chi connectivity index (χ0n) is 10.2. The maximum Gasteiger partial charge on any atom is 0.246 e. The second kappa shape index (κ2) is 4.40. The van der Waals surface area contributed by atoms with Crippen molar-refractivity contribution < 1.29 is 13.2 Å². The lowest BCUT2D eigenvalue weighted by molar-refractivity contribution is -0.0170. The predicted octanol–water partition coefficient (Wildman–Crippen LogP) is 0.218. The summed E-state index contributed by atoms with van der Waals surface area (Å²) in [4.78, 5) is 0.237. The Labute approximate surface area is 101 Å². The molecule has 0 aromatic carbocycles. The minimum absolute atomic E-state index is 0.0716. The van der Waals surface area contributed by atoms with Crippen LogP contribution >= 0.6 is 0 Å². The van der Waals surface area contributed by atoms with Gasteiger partial charge in [-0.2, -0.15) is 9.40 Å². The van der Waals surface area contributed by atoms with Crippen LogP contribution < -0.4 is 0 Å². The van der Waals surface area contributed by atoms with E-state index in [9.17, 15) is 8.42 Å². The number of sulfonamides is 1.